The lowest BCUT2D eigenvalue weighted by molar-refractivity contribution is -0.283. The van der Waals surface area contributed by atoms with Crippen molar-refractivity contribution in [3.8, 4) is 0 Å². The van der Waals surface area contributed by atoms with Gasteiger partial charge in [0, 0.05) is 17.5 Å². The van der Waals surface area contributed by atoms with Gasteiger partial charge in [-0.15, -0.1) is 0 Å². The average Bonchev–Trinajstić information content (AvgIpc) is 2.73. The first-order chi connectivity index (χ1) is 8.71. The summed E-state index contributed by atoms with van der Waals surface area (Å²) >= 11 is 0. The minimum absolute atomic E-state index is 0.305. The molecule has 1 aromatic rings. The van der Waals surface area contributed by atoms with Crippen LogP contribution in [0.2, 0.25) is 13.1 Å². The van der Waals surface area contributed by atoms with Crippen molar-refractivity contribution in [2.75, 3.05) is 0 Å². The molecule has 0 N–H and O–H groups in total. The van der Waals surface area contributed by atoms with Crippen molar-refractivity contribution < 1.29 is 14.2 Å². The van der Waals surface area contributed by atoms with Crippen molar-refractivity contribution >= 4 is 13.5 Å². The van der Waals surface area contributed by atoms with Crippen LogP contribution in [0, 0.1) is 6.92 Å². The molecule has 0 fully saturated rings. The predicted molar refractivity (Wildman–Crippen MR) is 76.5 cm³/mol. The second-order valence-corrected chi connectivity index (χ2v) is 10.2. The number of ether oxygens (including phenoxy) is 1. The summed E-state index contributed by atoms with van der Waals surface area (Å²) in [5.41, 5.74) is 3.15. The van der Waals surface area contributed by atoms with Crippen molar-refractivity contribution in [3.63, 3.8) is 0 Å². The molecule has 0 spiro atoms. The van der Waals surface area contributed by atoms with Crippen molar-refractivity contribution in [1.82, 2.24) is 4.98 Å². The maximum atomic E-state index is 5.83. The van der Waals surface area contributed by atoms with Crippen LogP contribution in [0.1, 0.15) is 37.6 Å². The van der Waals surface area contributed by atoms with Gasteiger partial charge in [-0.25, -0.2) is 4.89 Å². The molecule has 0 unspecified atom stereocenters. The molecule has 0 bridgehead atoms. The summed E-state index contributed by atoms with van der Waals surface area (Å²) in [6, 6.07) is 0. The molecule has 0 aliphatic carbocycles. The predicted octanol–water partition coefficient (Wildman–Crippen LogP) is 2.58. The molecule has 0 amide bonds. The zero-order valence-electron chi connectivity index (χ0n) is 12.7. The molecule has 4 nitrogen and oxygen atoms in total. The number of hydrogen-bond acceptors (Lipinski definition) is 4. The lowest BCUT2D eigenvalue weighted by atomic mass is 10.1. The Bertz CT molecular complexity index is 480. The minimum Gasteiger partial charge on any atom is -0.372 e. The Balaban J connectivity index is 2.32. The van der Waals surface area contributed by atoms with Gasteiger partial charge in [0.05, 0.1) is 18.8 Å². The third-order valence-electron chi connectivity index (χ3n) is 3.07. The molecule has 2 rings (SSSR count). The molecule has 1 aliphatic heterocycles. The molecule has 5 heteroatoms. The fraction of sp³-hybridized carbons (Fsp3) is 0.643. The average molecular weight is 281 g/mol. The van der Waals surface area contributed by atoms with E-state index in [9.17, 15) is 0 Å². The van der Waals surface area contributed by atoms with E-state index in [4.69, 9.17) is 14.2 Å². The maximum Gasteiger partial charge on any atom is 0.265 e. The lowest BCUT2D eigenvalue weighted by Gasteiger charge is -2.29. The number of aromatic nitrogens is 1. The van der Waals surface area contributed by atoms with Crippen molar-refractivity contribution in [2.24, 2.45) is 0 Å². The minimum atomic E-state index is -2.16. The largest absolute Gasteiger partial charge is 0.372 e. The number of fused-ring (bicyclic) bond motifs is 1. The molecule has 19 heavy (non-hydrogen) atoms. The van der Waals surface area contributed by atoms with Gasteiger partial charge in [-0.1, -0.05) is 0 Å². The number of pyridine rings is 1. The molecule has 0 saturated heterocycles. The Morgan fingerprint density at radius 2 is 1.95 bits per heavy atom. The number of aryl methyl sites for hydroxylation is 1. The summed E-state index contributed by atoms with van der Waals surface area (Å²) in [5.74, 6) is 0. The van der Waals surface area contributed by atoms with Crippen LogP contribution in [0.25, 0.3) is 0 Å². The highest BCUT2D eigenvalue weighted by Gasteiger charge is 2.36. The molecule has 1 aromatic heterocycles. The van der Waals surface area contributed by atoms with Gasteiger partial charge in [0.25, 0.3) is 8.32 Å². The molecular weight excluding hydrogens is 258 g/mol. The van der Waals surface area contributed by atoms with Crippen molar-refractivity contribution in [3.05, 3.63) is 23.0 Å². The van der Waals surface area contributed by atoms with Crippen LogP contribution in [0.3, 0.4) is 0 Å². The highest BCUT2D eigenvalue weighted by molar-refractivity contribution is 6.84. The highest BCUT2D eigenvalue weighted by Crippen LogP contribution is 2.23. The van der Waals surface area contributed by atoms with E-state index < -0.39 is 8.32 Å². The summed E-state index contributed by atoms with van der Waals surface area (Å²) in [6.07, 6.45) is 1.91. The second kappa shape index (κ2) is 4.98. The number of hydrogen-bond donors (Lipinski definition) is 0. The summed E-state index contributed by atoms with van der Waals surface area (Å²) in [6.45, 7) is 13.6. The van der Waals surface area contributed by atoms with E-state index in [-0.39, 0.29) is 5.60 Å². The zero-order chi connectivity index (χ0) is 14.3. The smallest absolute Gasteiger partial charge is 0.265 e. The Hall–Kier alpha value is -0.753. The van der Waals surface area contributed by atoms with Gasteiger partial charge in [0.2, 0.25) is 0 Å². The number of nitrogens with zero attached hydrogens (tertiary/aromatic N) is 1. The Labute approximate surface area is 116 Å². The summed E-state index contributed by atoms with van der Waals surface area (Å²) in [4.78, 5) is 10.0. The first-order valence-electron chi connectivity index (χ1n) is 6.63. The number of rotatable bonds is 3. The SMILES string of the molecule is Cc1ncc2c(c1[Si](C)(C)OOC(C)(C)C)COC2. The normalized spacial score (nSPS) is 15.7. The van der Waals surface area contributed by atoms with Gasteiger partial charge in [-0.05, 0) is 51.5 Å². The third-order valence-corrected chi connectivity index (χ3v) is 5.44. The standard InChI is InChI=1S/C14H23NO3Si/c1-10-13(12-9-16-8-11(12)7-15-10)19(5,6)18-17-14(2,3)4/h7H,8-9H2,1-6H3. The van der Waals surface area contributed by atoms with Gasteiger partial charge in [-0.2, -0.15) is 0 Å². The van der Waals surface area contributed by atoms with Crippen LogP contribution in [0.15, 0.2) is 6.20 Å². The van der Waals surface area contributed by atoms with Crippen LogP contribution in [-0.2, 0) is 27.4 Å². The van der Waals surface area contributed by atoms with Gasteiger partial charge in [0.1, 0.15) is 0 Å². The first kappa shape index (κ1) is 14.7. The van der Waals surface area contributed by atoms with Gasteiger partial charge < -0.3 is 4.74 Å². The Morgan fingerprint density at radius 1 is 1.26 bits per heavy atom. The topological polar surface area (TPSA) is 40.6 Å². The first-order valence-corrected chi connectivity index (χ1v) is 9.54. The monoisotopic (exact) mass is 281 g/mol. The zero-order valence-corrected chi connectivity index (χ0v) is 13.7. The van der Waals surface area contributed by atoms with E-state index in [1.165, 1.54) is 16.3 Å². The maximum absolute atomic E-state index is 5.83. The van der Waals surface area contributed by atoms with Crippen LogP contribution >= 0.6 is 0 Å². The third kappa shape index (κ3) is 3.23. The Morgan fingerprint density at radius 3 is 2.58 bits per heavy atom. The van der Waals surface area contributed by atoms with Gasteiger partial charge >= 0.3 is 0 Å². The molecule has 0 aromatic carbocycles. The quantitative estimate of drug-likeness (QED) is 0.485. The van der Waals surface area contributed by atoms with Crippen molar-refractivity contribution in [1.29, 1.82) is 0 Å². The fourth-order valence-corrected chi connectivity index (χ4v) is 4.76. The molecular formula is C14H23NO3Si. The van der Waals surface area contributed by atoms with E-state index in [0.29, 0.717) is 13.2 Å². The molecule has 1 aliphatic rings. The molecule has 106 valence electrons. The summed E-state index contributed by atoms with van der Waals surface area (Å²) in [7, 11) is -2.16. The fourth-order valence-electron chi connectivity index (χ4n) is 2.32. The molecule has 0 radical (unpaired) electrons. The van der Waals surface area contributed by atoms with Gasteiger partial charge in [-0.3, -0.25) is 9.56 Å². The highest BCUT2D eigenvalue weighted by atomic mass is 28.4. The molecule has 0 atom stereocenters. The Kier molecular flexibility index (Phi) is 3.84. The van der Waals surface area contributed by atoms with Crippen LogP contribution in [0.4, 0.5) is 0 Å². The van der Waals surface area contributed by atoms with Crippen LogP contribution in [0.5, 0.6) is 0 Å². The summed E-state index contributed by atoms with van der Waals surface area (Å²) in [5, 5.41) is 1.21. The van der Waals surface area contributed by atoms with E-state index in [1.54, 1.807) is 0 Å². The second-order valence-electron chi connectivity index (χ2n) is 6.50. The van der Waals surface area contributed by atoms with Crippen molar-refractivity contribution in [2.45, 2.75) is 59.6 Å². The van der Waals surface area contributed by atoms with E-state index in [0.717, 1.165) is 5.69 Å². The molecule has 0 saturated carbocycles. The van der Waals surface area contributed by atoms with Crippen LogP contribution in [-0.4, -0.2) is 18.9 Å². The van der Waals surface area contributed by atoms with E-state index >= 15 is 0 Å². The molecule has 2 heterocycles. The van der Waals surface area contributed by atoms with Gasteiger partial charge in [0.15, 0.2) is 0 Å². The van der Waals surface area contributed by atoms with E-state index in [1.807, 2.05) is 33.9 Å². The summed E-state index contributed by atoms with van der Waals surface area (Å²) < 4.78 is 11.4. The van der Waals surface area contributed by atoms with Crippen LogP contribution < -0.4 is 5.19 Å². The van der Waals surface area contributed by atoms with E-state index in [2.05, 4.69) is 18.1 Å². The lowest BCUT2D eigenvalue weighted by Crippen LogP contribution is -2.49.